The standard InChI is InChI=1S/C23H23N5O2S/c1-16-9-10-20(17(2)13-16)24-21(29)15-31-23-26-25-22(28(23)27-11-4-5-12-27)18-7-6-8-19(14-18)30-3/h4-14H,15H2,1-3H3,(H,24,29). The number of nitrogens with zero attached hydrogens (tertiary/aromatic N) is 4. The van der Waals surface area contributed by atoms with Gasteiger partial charge >= 0.3 is 0 Å². The van der Waals surface area contributed by atoms with E-state index in [1.54, 1.807) is 7.11 Å². The van der Waals surface area contributed by atoms with Crippen molar-refractivity contribution in [3.05, 3.63) is 78.1 Å². The number of rotatable bonds is 7. The van der Waals surface area contributed by atoms with Crippen LogP contribution in [0.1, 0.15) is 11.1 Å². The van der Waals surface area contributed by atoms with Gasteiger partial charge in [-0.1, -0.05) is 41.6 Å². The van der Waals surface area contributed by atoms with Crippen molar-refractivity contribution in [2.45, 2.75) is 19.0 Å². The molecule has 0 aliphatic rings. The normalized spacial score (nSPS) is 10.8. The van der Waals surface area contributed by atoms with Gasteiger partial charge in [-0.3, -0.25) is 9.47 Å². The van der Waals surface area contributed by atoms with Gasteiger partial charge in [0.2, 0.25) is 11.1 Å². The molecule has 2 aromatic carbocycles. The van der Waals surface area contributed by atoms with Crippen LogP contribution in [0, 0.1) is 13.8 Å². The topological polar surface area (TPSA) is 74.0 Å². The summed E-state index contributed by atoms with van der Waals surface area (Å²) >= 11 is 1.33. The van der Waals surface area contributed by atoms with Crippen molar-refractivity contribution in [3.63, 3.8) is 0 Å². The molecule has 0 saturated carbocycles. The van der Waals surface area contributed by atoms with E-state index in [-0.39, 0.29) is 11.7 Å². The Morgan fingerprint density at radius 2 is 1.87 bits per heavy atom. The molecular weight excluding hydrogens is 410 g/mol. The van der Waals surface area contributed by atoms with Crippen molar-refractivity contribution in [2.24, 2.45) is 0 Å². The number of aromatic nitrogens is 4. The maximum Gasteiger partial charge on any atom is 0.234 e. The molecule has 4 rings (SSSR count). The second-order valence-electron chi connectivity index (χ2n) is 7.07. The monoisotopic (exact) mass is 433 g/mol. The van der Waals surface area contributed by atoms with Crippen LogP contribution in [-0.4, -0.2) is 38.3 Å². The van der Waals surface area contributed by atoms with Crippen LogP contribution in [-0.2, 0) is 4.79 Å². The van der Waals surface area contributed by atoms with Crippen LogP contribution in [0.2, 0.25) is 0 Å². The van der Waals surface area contributed by atoms with Crippen LogP contribution in [0.3, 0.4) is 0 Å². The number of hydrogen-bond acceptors (Lipinski definition) is 5. The summed E-state index contributed by atoms with van der Waals surface area (Å²) < 4.78 is 9.11. The van der Waals surface area contributed by atoms with Crippen molar-refractivity contribution < 1.29 is 9.53 Å². The number of thioether (sulfide) groups is 1. The van der Waals surface area contributed by atoms with E-state index in [0.717, 1.165) is 28.1 Å². The largest absolute Gasteiger partial charge is 0.497 e. The molecule has 0 radical (unpaired) electrons. The molecule has 4 aromatic rings. The molecule has 0 spiro atoms. The van der Waals surface area contributed by atoms with Gasteiger partial charge in [0.25, 0.3) is 0 Å². The molecule has 7 nitrogen and oxygen atoms in total. The second-order valence-corrected chi connectivity index (χ2v) is 8.01. The average molecular weight is 434 g/mol. The fraction of sp³-hybridized carbons (Fsp3) is 0.174. The van der Waals surface area contributed by atoms with Crippen molar-refractivity contribution >= 4 is 23.4 Å². The van der Waals surface area contributed by atoms with E-state index in [2.05, 4.69) is 15.5 Å². The molecule has 0 fully saturated rings. The number of benzene rings is 2. The molecule has 0 saturated heterocycles. The maximum absolute atomic E-state index is 12.6. The lowest BCUT2D eigenvalue weighted by atomic mass is 10.1. The zero-order valence-electron chi connectivity index (χ0n) is 17.6. The van der Waals surface area contributed by atoms with E-state index in [1.165, 1.54) is 11.8 Å². The number of amides is 1. The highest BCUT2D eigenvalue weighted by atomic mass is 32.2. The van der Waals surface area contributed by atoms with E-state index < -0.39 is 0 Å². The van der Waals surface area contributed by atoms with Gasteiger partial charge in [0.05, 0.1) is 12.9 Å². The first-order valence-electron chi connectivity index (χ1n) is 9.78. The third-order valence-electron chi connectivity index (χ3n) is 4.75. The zero-order valence-corrected chi connectivity index (χ0v) is 18.4. The van der Waals surface area contributed by atoms with Gasteiger partial charge < -0.3 is 10.1 Å². The Balaban J connectivity index is 1.57. The van der Waals surface area contributed by atoms with Crippen LogP contribution in [0.15, 0.2) is 72.1 Å². The third kappa shape index (κ3) is 4.64. The van der Waals surface area contributed by atoms with Gasteiger partial charge in [-0.25, -0.2) is 4.68 Å². The SMILES string of the molecule is COc1cccc(-c2nnc(SCC(=O)Nc3ccc(C)cc3C)n2-n2cccc2)c1. The van der Waals surface area contributed by atoms with Gasteiger partial charge in [-0.2, -0.15) is 0 Å². The van der Waals surface area contributed by atoms with Crippen molar-refractivity contribution in [1.82, 2.24) is 19.5 Å². The number of hydrogen-bond donors (Lipinski definition) is 1. The fourth-order valence-corrected chi connectivity index (χ4v) is 3.97. The molecule has 0 aliphatic carbocycles. The molecule has 0 atom stereocenters. The highest BCUT2D eigenvalue weighted by molar-refractivity contribution is 7.99. The molecule has 0 aliphatic heterocycles. The van der Waals surface area contributed by atoms with E-state index >= 15 is 0 Å². The highest BCUT2D eigenvalue weighted by Crippen LogP contribution is 2.27. The van der Waals surface area contributed by atoms with Crippen LogP contribution in [0.4, 0.5) is 5.69 Å². The lowest BCUT2D eigenvalue weighted by molar-refractivity contribution is -0.113. The number of anilines is 1. The number of carbonyl (C=O) groups excluding carboxylic acids is 1. The molecule has 158 valence electrons. The molecule has 2 heterocycles. The van der Waals surface area contributed by atoms with Crippen molar-refractivity contribution in [2.75, 3.05) is 18.2 Å². The van der Waals surface area contributed by atoms with Gasteiger partial charge in [0, 0.05) is 23.6 Å². The molecular formula is C23H23N5O2S. The van der Waals surface area contributed by atoms with Crippen molar-refractivity contribution in [3.8, 4) is 17.1 Å². The molecule has 1 amide bonds. The van der Waals surface area contributed by atoms with E-state index in [4.69, 9.17) is 4.74 Å². The molecule has 2 aromatic heterocycles. The Morgan fingerprint density at radius 3 is 2.61 bits per heavy atom. The van der Waals surface area contributed by atoms with Gasteiger partial charge in [0.1, 0.15) is 5.75 Å². The number of aryl methyl sites for hydroxylation is 2. The molecule has 31 heavy (non-hydrogen) atoms. The van der Waals surface area contributed by atoms with Crippen molar-refractivity contribution in [1.29, 1.82) is 0 Å². The zero-order chi connectivity index (χ0) is 21.8. The average Bonchev–Trinajstić information content (AvgIpc) is 3.44. The quantitative estimate of drug-likeness (QED) is 0.437. The first kappa shape index (κ1) is 20.7. The summed E-state index contributed by atoms with van der Waals surface area (Å²) in [6.45, 7) is 4.02. The summed E-state index contributed by atoms with van der Waals surface area (Å²) in [5.41, 5.74) is 3.89. The highest BCUT2D eigenvalue weighted by Gasteiger charge is 2.17. The lowest BCUT2D eigenvalue weighted by Crippen LogP contribution is -2.16. The van der Waals surface area contributed by atoms with Crippen LogP contribution in [0.25, 0.3) is 11.4 Å². The van der Waals surface area contributed by atoms with Gasteiger partial charge in [-0.05, 0) is 49.7 Å². The Hall–Kier alpha value is -3.52. The minimum absolute atomic E-state index is 0.0954. The Kier molecular flexibility index (Phi) is 6.08. The van der Waals surface area contributed by atoms with E-state index in [1.807, 2.05) is 90.2 Å². The van der Waals surface area contributed by atoms with Gasteiger partial charge in [0.15, 0.2) is 5.82 Å². The second kappa shape index (κ2) is 9.09. The summed E-state index contributed by atoms with van der Waals surface area (Å²) in [6, 6.07) is 17.5. The molecule has 0 unspecified atom stereocenters. The lowest BCUT2D eigenvalue weighted by Gasteiger charge is -2.12. The number of methoxy groups -OCH3 is 1. The van der Waals surface area contributed by atoms with Crippen LogP contribution >= 0.6 is 11.8 Å². The first-order valence-corrected chi connectivity index (χ1v) is 10.8. The molecule has 1 N–H and O–H groups in total. The van der Waals surface area contributed by atoms with E-state index in [0.29, 0.717) is 11.0 Å². The number of carbonyl (C=O) groups is 1. The van der Waals surface area contributed by atoms with E-state index in [9.17, 15) is 4.79 Å². The summed E-state index contributed by atoms with van der Waals surface area (Å²) in [7, 11) is 1.63. The third-order valence-corrected chi connectivity index (χ3v) is 5.67. The van der Waals surface area contributed by atoms with Crippen LogP contribution < -0.4 is 10.1 Å². The first-order chi connectivity index (χ1) is 15.0. The molecule has 0 bridgehead atoms. The number of ether oxygens (including phenoxy) is 1. The molecule has 8 heteroatoms. The Morgan fingerprint density at radius 1 is 1.06 bits per heavy atom. The van der Waals surface area contributed by atoms with Crippen LogP contribution in [0.5, 0.6) is 5.75 Å². The minimum atomic E-state index is -0.0954. The Labute approximate surface area is 185 Å². The minimum Gasteiger partial charge on any atom is -0.497 e. The summed E-state index contributed by atoms with van der Waals surface area (Å²) in [5, 5.41) is 12.3. The summed E-state index contributed by atoms with van der Waals surface area (Å²) in [4.78, 5) is 12.6. The Bertz CT molecular complexity index is 1200. The predicted molar refractivity (Wildman–Crippen MR) is 123 cm³/mol. The number of nitrogens with one attached hydrogen (secondary N) is 1. The summed E-state index contributed by atoms with van der Waals surface area (Å²) in [6.07, 6.45) is 3.82. The maximum atomic E-state index is 12.6. The smallest absolute Gasteiger partial charge is 0.234 e. The van der Waals surface area contributed by atoms with Gasteiger partial charge in [-0.15, -0.1) is 10.2 Å². The summed E-state index contributed by atoms with van der Waals surface area (Å²) in [5.74, 6) is 1.51. The predicted octanol–water partition coefficient (Wildman–Crippen LogP) is 4.41. The fourth-order valence-electron chi connectivity index (χ4n) is 3.23.